The number of nitrogens with two attached hydrogens (primary N) is 2. The van der Waals surface area contributed by atoms with Crippen molar-refractivity contribution in [2.24, 2.45) is 11.7 Å². The second-order valence-electron chi connectivity index (χ2n) is 2.68. The van der Waals surface area contributed by atoms with Gasteiger partial charge in [-0.1, -0.05) is 0 Å². The first kappa shape index (κ1) is 7.78. The summed E-state index contributed by atoms with van der Waals surface area (Å²) in [6.45, 7) is 0. The van der Waals surface area contributed by atoms with Crippen LogP contribution in [0.5, 0.6) is 0 Å². The summed E-state index contributed by atoms with van der Waals surface area (Å²) in [4.78, 5) is 10.2. The molecule has 0 atom stereocenters. The molecule has 1 aliphatic rings. The summed E-state index contributed by atoms with van der Waals surface area (Å²) in [5.41, 5.74) is 5.55. The van der Waals surface area contributed by atoms with Gasteiger partial charge in [-0.05, 0) is 12.8 Å². The second-order valence-corrected chi connectivity index (χ2v) is 2.68. The highest BCUT2D eigenvalue weighted by Crippen LogP contribution is 2.29. The van der Waals surface area contributed by atoms with Crippen molar-refractivity contribution < 1.29 is 15.3 Å². The Morgan fingerprint density at radius 2 is 2.18 bits per heavy atom. The quantitative estimate of drug-likeness (QED) is 0.343. The molecular formula is C7H11N2O2+. The van der Waals surface area contributed by atoms with E-state index in [4.69, 9.17) is 16.2 Å². The fourth-order valence-corrected chi connectivity index (χ4v) is 0.776. The summed E-state index contributed by atoms with van der Waals surface area (Å²) in [6, 6.07) is 0. The third-order valence-electron chi connectivity index (χ3n) is 1.62. The van der Waals surface area contributed by atoms with Gasteiger partial charge in [0.25, 0.3) is 0 Å². The molecule has 1 saturated carbocycles. The lowest BCUT2D eigenvalue weighted by molar-refractivity contribution is -0.133. The van der Waals surface area contributed by atoms with Crippen LogP contribution in [0, 0.1) is 5.92 Å². The molecule has 0 spiro atoms. The van der Waals surface area contributed by atoms with Crippen LogP contribution in [0.1, 0.15) is 12.8 Å². The molecule has 0 aromatic heterocycles. The number of rotatable bonds is 3. The van der Waals surface area contributed by atoms with Crippen LogP contribution in [0.25, 0.3) is 0 Å². The molecular weight excluding hydrogens is 144 g/mol. The van der Waals surface area contributed by atoms with E-state index in [1.807, 2.05) is 0 Å². The maximum atomic E-state index is 10.2. The Hall–Kier alpha value is -1.32. The van der Waals surface area contributed by atoms with Crippen molar-refractivity contribution in [2.45, 2.75) is 12.8 Å². The van der Waals surface area contributed by atoms with E-state index in [1.165, 1.54) is 6.08 Å². The minimum absolute atomic E-state index is 0.186. The van der Waals surface area contributed by atoms with E-state index in [1.54, 1.807) is 0 Å². The van der Waals surface area contributed by atoms with E-state index < -0.39 is 5.97 Å². The highest BCUT2D eigenvalue weighted by Gasteiger charge is 2.29. The van der Waals surface area contributed by atoms with Gasteiger partial charge in [-0.3, -0.25) is 5.41 Å². The summed E-state index contributed by atoms with van der Waals surface area (Å²) < 4.78 is 0. The molecule has 0 radical (unpaired) electrons. The standard InChI is InChI=1S/C7H10N2O2/c8-5(4-1-2-4)3-6(9)7(10)11/h3-4,8H,1-2,9H2,(H,10,11)/p+1/b6-3-,8-5?. The van der Waals surface area contributed by atoms with E-state index in [0.29, 0.717) is 11.6 Å². The molecule has 11 heavy (non-hydrogen) atoms. The maximum absolute atomic E-state index is 10.2. The van der Waals surface area contributed by atoms with Gasteiger partial charge in [-0.15, -0.1) is 0 Å². The van der Waals surface area contributed by atoms with Crippen LogP contribution in [0.2, 0.25) is 0 Å². The second kappa shape index (κ2) is 2.74. The summed E-state index contributed by atoms with van der Waals surface area (Å²) in [6.07, 6.45) is 3.43. The van der Waals surface area contributed by atoms with Gasteiger partial charge in [-0.25, -0.2) is 4.79 Å². The summed E-state index contributed by atoms with van der Waals surface area (Å²) >= 11 is 0. The lowest BCUT2D eigenvalue weighted by atomic mass is 10.2. The van der Waals surface area contributed by atoms with Gasteiger partial charge in [0.2, 0.25) is 0 Å². The van der Waals surface area contributed by atoms with E-state index >= 15 is 0 Å². The maximum Gasteiger partial charge on any atom is 0.351 e. The number of aliphatic carboxylic acids is 1. The van der Waals surface area contributed by atoms with E-state index in [0.717, 1.165) is 12.8 Å². The minimum atomic E-state index is -1.12. The molecule has 1 aliphatic carbocycles. The Balaban J connectivity index is 2.55. The topological polar surface area (TPSA) is 88.9 Å². The predicted molar refractivity (Wildman–Crippen MR) is 39.6 cm³/mol. The Morgan fingerprint density at radius 1 is 1.64 bits per heavy atom. The van der Waals surface area contributed by atoms with Crippen LogP contribution in [0.4, 0.5) is 0 Å². The highest BCUT2D eigenvalue weighted by atomic mass is 16.4. The van der Waals surface area contributed by atoms with Crippen molar-refractivity contribution in [3.63, 3.8) is 0 Å². The van der Waals surface area contributed by atoms with Gasteiger partial charge in [0, 0.05) is 12.0 Å². The zero-order valence-electron chi connectivity index (χ0n) is 6.08. The van der Waals surface area contributed by atoms with Crippen LogP contribution < -0.4 is 11.1 Å². The van der Waals surface area contributed by atoms with Crippen molar-refractivity contribution in [1.29, 1.82) is 0 Å². The molecule has 0 saturated heterocycles. The van der Waals surface area contributed by atoms with Crippen molar-refractivity contribution in [2.75, 3.05) is 0 Å². The number of allylic oxidation sites excluding steroid dienone is 1. The Kier molecular flexibility index (Phi) is 1.94. The molecule has 0 unspecified atom stereocenters. The molecule has 4 heteroatoms. The zero-order valence-corrected chi connectivity index (χ0v) is 6.08. The van der Waals surface area contributed by atoms with Crippen LogP contribution in [0.3, 0.4) is 0 Å². The average Bonchev–Trinajstić information content (AvgIpc) is 2.67. The molecule has 0 aromatic rings. The molecule has 0 heterocycles. The third-order valence-corrected chi connectivity index (χ3v) is 1.62. The number of carbonyl (C=O) groups is 1. The summed E-state index contributed by atoms with van der Waals surface area (Å²) in [5, 5.41) is 13.9. The molecule has 0 aliphatic heterocycles. The Bertz CT molecular complexity index is 229. The van der Waals surface area contributed by atoms with Crippen LogP contribution in [-0.4, -0.2) is 16.8 Å². The zero-order chi connectivity index (χ0) is 8.43. The number of hydrogen-bond donors (Lipinski definition) is 3. The highest BCUT2D eigenvalue weighted by molar-refractivity contribution is 6.00. The first-order valence-corrected chi connectivity index (χ1v) is 3.44. The Morgan fingerprint density at radius 3 is 2.55 bits per heavy atom. The fraction of sp³-hybridized carbons (Fsp3) is 0.429. The van der Waals surface area contributed by atoms with Gasteiger partial charge in [-0.2, -0.15) is 0 Å². The first-order valence-electron chi connectivity index (χ1n) is 3.44. The molecule has 1 fully saturated rings. The largest absolute Gasteiger partial charge is 0.477 e. The normalized spacial score (nSPS) is 18.0. The average molecular weight is 155 g/mol. The molecule has 4 nitrogen and oxygen atoms in total. The number of hydrogen-bond acceptors (Lipinski definition) is 2. The molecule has 0 amide bonds. The van der Waals surface area contributed by atoms with Crippen molar-refractivity contribution in [3.8, 4) is 0 Å². The number of carboxylic acids is 1. The monoisotopic (exact) mass is 155 g/mol. The molecule has 0 aromatic carbocycles. The molecule has 60 valence electrons. The van der Waals surface area contributed by atoms with E-state index in [2.05, 4.69) is 0 Å². The fourth-order valence-electron chi connectivity index (χ4n) is 0.776. The van der Waals surface area contributed by atoms with E-state index in [-0.39, 0.29) is 5.70 Å². The van der Waals surface area contributed by atoms with Gasteiger partial charge in [0.05, 0.1) is 0 Å². The van der Waals surface area contributed by atoms with Gasteiger partial charge >= 0.3 is 5.97 Å². The Labute approximate surface area is 64.2 Å². The van der Waals surface area contributed by atoms with Gasteiger partial charge in [0.1, 0.15) is 5.70 Å². The predicted octanol–water partition coefficient (Wildman–Crippen LogP) is -1.48. The molecule has 1 rings (SSSR count). The van der Waals surface area contributed by atoms with Crippen LogP contribution in [-0.2, 0) is 4.79 Å². The van der Waals surface area contributed by atoms with Crippen LogP contribution >= 0.6 is 0 Å². The summed E-state index contributed by atoms with van der Waals surface area (Å²) in [5.74, 6) is -0.749. The smallest absolute Gasteiger partial charge is 0.351 e. The SMILES string of the molecule is N/C(=C\C(=[NH2+])C1CC1)C(=O)O. The van der Waals surface area contributed by atoms with Gasteiger partial charge < -0.3 is 10.8 Å². The molecule has 0 bridgehead atoms. The van der Waals surface area contributed by atoms with E-state index in [9.17, 15) is 4.79 Å². The van der Waals surface area contributed by atoms with Crippen molar-refractivity contribution in [1.82, 2.24) is 0 Å². The lowest BCUT2D eigenvalue weighted by Crippen LogP contribution is -2.40. The number of carboxylic acid groups (broad SMARTS) is 1. The van der Waals surface area contributed by atoms with Gasteiger partial charge in [0.15, 0.2) is 5.71 Å². The minimum Gasteiger partial charge on any atom is -0.477 e. The van der Waals surface area contributed by atoms with Crippen molar-refractivity contribution in [3.05, 3.63) is 11.8 Å². The first-order chi connectivity index (χ1) is 5.11. The molecule has 5 N–H and O–H groups in total. The summed E-state index contributed by atoms with van der Waals surface area (Å²) in [7, 11) is 0. The lowest BCUT2D eigenvalue weighted by Gasteiger charge is -1.90. The third kappa shape index (κ3) is 2.07. The van der Waals surface area contributed by atoms with Crippen LogP contribution in [0.15, 0.2) is 11.8 Å². The van der Waals surface area contributed by atoms with Crippen molar-refractivity contribution >= 4 is 11.7 Å².